The minimum Gasteiger partial charge on any atom is -0.354 e. The van der Waals surface area contributed by atoms with Gasteiger partial charge in [-0.15, -0.1) is 0 Å². The number of aryl methyl sites for hydroxylation is 1. The van der Waals surface area contributed by atoms with E-state index in [0.29, 0.717) is 6.54 Å². The summed E-state index contributed by atoms with van der Waals surface area (Å²) in [6.45, 7) is 5.78. The van der Waals surface area contributed by atoms with Gasteiger partial charge in [0.15, 0.2) is 0 Å². The Hall–Kier alpha value is -1.32. The van der Waals surface area contributed by atoms with Crippen LogP contribution in [0, 0.1) is 5.92 Å². The molecule has 1 aromatic rings. The Bertz CT molecular complexity index is 447. The molecule has 0 aliphatic heterocycles. The van der Waals surface area contributed by atoms with Gasteiger partial charge in [-0.2, -0.15) is 5.10 Å². The Labute approximate surface area is 128 Å². The molecule has 21 heavy (non-hydrogen) atoms. The first-order valence-electron chi connectivity index (χ1n) is 8.57. The van der Waals surface area contributed by atoms with E-state index in [2.05, 4.69) is 28.9 Å². The van der Waals surface area contributed by atoms with Gasteiger partial charge in [-0.1, -0.05) is 26.7 Å². The normalized spacial score (nSPS) is 14.2. The van der Waals surface area contributed by atoms with E-state index >= 15 is 0 Å². The molecule has 0 fully saturated rings. The van der Waals surface area contributed by atoms with E-state index in [4.69, 9.17) is 0 Å². The van der Waals surface area contributed by atoms with Crippen LogP contribution in [0.15, 0.2) is 6.20 Å². The van der Waals surface area contributed by atoms with Gasteiger partial charge in [0.05, 0.1) is 12.7 Å². The summed E-state index contributed by atoms with van der Waals surface area (Å²) in [6.07, 6.45) is 11.0. The molecule has 2 rings (SSSR count). The van der Waals surface area contributed by atoms with E-state index in [1.54, 1.807) is 0 Å². The molecular formula is C17H29N3O. The molecule has 0 saturated carbocycles. The highest BCUT2D eigenvalue weighted by molar-refractivity contribution is 5.78. The lowest BCUT2D eigenvalue weighted by Crippen LogP contribution is -2.33. The highest BCUT2D eigenvalue weighted by Crippen LogP contribution is 2.20. The van der Waals surface area contributed by atoms with E-state index in [9.17, 15) is 4.79 Å². The van der Waals surface area contributed by atoms with Gasteiger partial charge in [-0.25, -0.2) is 0 Å². The largest absolute Gasteiger partial charge is 0.354 e. The van der Waals surface area contributed by atoms with E-state index in [1.165, 1.54) is 24.1 Å². The summed E-state index contributed by atoms with van der Waals surface area (Å²) < 4.78 is 2.09. The number of aromatic nitrogens is 2. The number of carbonyl (C=O) groups is 1. The van der Waals surface area contributed by atoms with E-state index < -0.39 is 0 Å². The number of hydrogen-bond acceptors (Lipinski definition) is 2. The molecule has 1 N–H and O–H groups in total. The van der Waals surface area contributed by atoms with Crippen LogP contribution in [0.4, 0.5) is 0 Å². The maximum atomic E-state index is 12.2. The van der Waals surface area contributed by atoms with Crippen LogP contribution in [-0.4, -0.2) is 22.2 Å². The molecule has 1 aliphatic rings. The van der Waals surface area contributed by atoms with E-state index in [1.807, 2.05) is 6.20 Å². The Kier molecular flexibility index (Phi) is 6.27. The van der Waals surface area contributed by atoms with Gasteiger partial charge in [0, 0.05) is 18.2 Å². The number of nitrogens with zero attached hydrogens (tertiary/aromatic N) is 2. The molecule has 4 heteroatoms. The molecular weight excluding hydrogens is 262 g/mol. The second kappa shape index (κ2) is 8.20. The number of nitrogens with one attached hydrogen (secondary N) is 1. The van der Waals surface area contributed by atoms with Crippen molar-refractivity contribution >= 4 is 5.91 Å². The maximum absolute atomic E-state index is 12.2. The highest BCUT2D eigenvalue weighted by atomic mass is 16.1. The predicted molar refractivity (Wildman–Crippen MR) is 85.2 cm³/mol. The van der Waals surface area contributed by atoms with Crippen molar-refractivity contribution < 1.29 is 4.79 Å². The van der Waals surface area contributed by atoms with Crippen molar-refractivity contribution in [2.75, 3.05) is 6.54 Å². The third-order valence-corrected chi connectivity index (χ3v) is 4.41. The predicted octanol–water partition coefficient (Wildman–Crippen LogP) is 3.09. The molecule has 1 amide bonds. The molecule has 0 bridgehead atoms. The van der Waals surface area contributed by atoms with Gasteiger partial charge < -0.3 is 5.32 Å². The first-order chi connectivity index (χ1) is 10.3. The van der Waals surface area contributed by atoms with Crippen LogP contribution in [0.1, 0.15) is 63.6 Å². The Morgan fingerprint density at radius 1 is 1.29 bits per heavy atom. The molecule has 0 aromatic carbocycles. The SMILES string of the molecule is CCCC(CCC)C(=O)NCCn1ncc2c1CCCC2. The van der Waals surface area contributed by atoms with Crippen molar-refractivity contribution in [1.29, 1.82) is 0 Å². The van der Waals surface area contributed by atoms with Crippen LogP contribution in [0.2, 0.25) is 0 Å². The Balaban J connectivity index is 1.80. The fourth-order valence-corrected chi connectivity index (χ4v) is 3.28. The van der Waals surface area contributed by atoms with Gasteiger partial charge in [0.25, 0.3) is 0 Å². The lowest BCUT2D eigenvalue weighted by molar-refractivity contribution is -0.125. The Morgan fingerprint density at radius 3 is 2.71 bits per heavy atom. The van der Waals surface area contributed by atoms with Crippen molar-refractivity contribution in [3.63, 3.8) is 0 Å². The van der Waals surface area contributed by atoms with Gasteiger partial charge in [-0.3, -0.25) is 9.48 Å². The van der Waals surface area contributed by atoms with Crippen LogP contribution in [-0.2, 0) is 24.2 Å². The van der Waals surface area contributed by atoms with Gasteiger partial charge >= 0.3 is 0 Å². The summed E-state index contributed by atoms with van der Waals surface area (Å²) in [5.74, 6) is 0.409. The fraction of sp³-hybridized carbons (Fsp3) is 0.765. The van der Waals surface area contributed by atoms with Crippen LogP contribution in [0.25, 0.3) is 0 Å². The fourth-order valence-electron chi connectivity index (χ4n) is 3.28. The second-order valence-corrected chi connectivity index (χ2v) is 6.11. The van der Waals surface area contributed by atoms with Crippen LogP contribution >= 0.6 is 0 Å². The van der Waals surface area contributed by atoms with Crippen molar-refractivity contribution in [2.24, 2.45) is 5.92 Å². The zero-order valence-electron chi connectivity index (χ0n) is 13.5. The summed E-state index contributed by atoms with van der Waals surface area (Å²) in [7, 11) is 0. The number of fused-ring (bicyclic) bond motifs is 1. The average Bonchev–Trinajstić information content (AvgIpc) is 2.90. The topological polar surface area (TPSA) is 46.9 Å². The van der Waals surface area contributed by atoms with Crippen molar-refractivity contribution in [3.8, 4) is 0 Å². The summed E-state index contributed by atoms with van der Waals surface area (Å²) in [5.41, 5.74) is 2.79. The molecule has 118 valence electrons. The maximum Gasteiger partial charge on any atom is 0.223 e. The first kappa shape index (κ1) is 16.1. The molecule has 1 aromatic heterocycles. The minimum atomic E-state index is 0.187. The third-order valence-electron chi connectivity index (χ3n) is 4.41. The number of rotatable bonds is 8. The zero-order chi connectivity index (χ0) is 15.1. The van der Waals surface area contributed by atoms with Crippen molar-refractivity contribution in [1.82, 2.24) is 15.1 Å². The van der Waals surface area contributed by atoms with Gasteiger partial charge in [-0.05, 0) is 44.1 Å². The van der Waals surface area contributed by atoms with Crippen LogP contribution < -0.4 is 5.32 Å². The minimum absolute atomic E-state index is 0.187. The summed E-state index contributed by atoms with van der Waals surface area (Å²) >= 11 is 0. The zero-order valence-corrected chi connectivity index (χ0v) is 13.5. The lowest BCUT2D eigenvalue weighted by atomic mass is 9.97. The molecule has 4 nitrogen and oxygen atoms in total. The van der Waals surface area contributed by atoms with E-state index in [0.717, 1.165) is 45.1 Å². The quantitative estimate of drug-likeness (QED) is 0.800. The van der Waals surface area contributed by atoms with Crippen LogP contribution in [0.3, 0.4) is 0 Å². The molecule has 0 radical (unpaired) electrons. The standard InChI is InChI=1S/C17H29N3O/c1-3-7-14(8-4-2)17(21)18-11-12-20-16-10-6-5-9-15(16)13-19-20/h13-14H,3-12H2,1-2H3,(H,18,21). The molecule has 1 heterocycles. The summed E-state index contributed by atoms with van der Waals surface area (Å²) in [4.78, 5) is 12.2. The Morgan fingerprint density at radius 2 is 2.00 bits per heavy atom. The molecule has 0 atom stereocenters. The average molecular weight is 291 g/mol. The monoisotopic (exact) mass is 291 g/mol. The summed E-state index contributed by atoms with van der Waals surface area (Å²) in [5, 5.41) is 7.58. The molecule has 0 unspecified atom stereocenters. The second-order valence-electron chi connectivity index (χ2n) is 6.11. The lowest BCUT2D eigenvalue weighted by Gasteiger charge is -2.17. The van der Waals surface area contributed by atoms with Crippen molar-refractivity contribution in [3.05, 3.63) is 17.5 Å². The highest BCUT2D eigenvalue weighted by Gasteiger charge is 2.17. The first-order valence-corrected chi connectivity index (χ1v) is 8.57. The molecule has 0 saturated heterocycles. The smallest absolute Gasteiger partial charge is 0.223 e. The van der Waals surface area contributed by atoms with Gasteiger partial charge in [0.1, 0.15) is 0 Å². The molecule has 0 spiro atoms. The molecule has 1 aliphatic carbocycles. The third kappa shape index (κ3) is 4.32. The van der Waals surface area contributed by atoms with Gasteiger partial charge in [0.2, 0.25) is 5.91 Å². The number of carbonyl (C=O) groups excluding carboxylic acids is 1. The van der Waals surface area contributed by atoms with E-state index in [-0.39, 0.29) is 11.8 Å². The number of amides is 1. The van der Waals surface area contributed by atoms with Crippen molar-refractivity contribution in [2.45, 2.75) is 71.8 Å². The summed E-state index contributed by atoms with van der Waals surface area (Å²) in [6, 6.07) is 0. The van der Waals surface area contributed by atoms with Crippen LogP contribution in [0.5, 0.6) is 0 Å². The number of hydrogen-bond donors (Lipinski definition) is 1.